The Labute approximate surface area is 159 Å². The van der Waals surface area contributed by atoms with Crippen molar-refractivity contribution < 1.29 is 23.7 Å². The molecule has 2 aromatic rings. The lowest BCUT2D eigenvalue weighted by Crippen LogP contribution is -2.12. The Kier molecular flexibility index (Phi) is 4.46. The highest BCUT2D eigenvalue weighted by Crippen LogP contribution is 2.40. The maximum absolute atomic E-state index is 12.8. The summed E-state index contributed by atoms with van der Waals surface area (Å²) in [5.74, 6) is 2.12. The van der Waals surface area contributed by atoms with E-state index in [1.807, 2.05) is 32.0 Å². The molecule has 2 aliphatic rings. The van der Waals surface area contributed by atoms with E-state index in [1.165, 1.54) is 0 Å². The van der Waals surface area contributed by atoms with Crippen molar-refractivity contribution >= 4 is 27.8 Å². The lowest BCUT2D eigenvalue weighted by Gasteiger charge is -2.20. The summed E-state index contributed by atoms with van der Waals surface area (Å²) >= 11 is 3.49. The second-order valence-electron chi connectivity index (χ2n) is 6.03. The molecule has 0 bridgehead atoms. The summed E-state index contributed by atoms with van der Waals surface area (Å²) in [4.78, 5) is 12.8. The van der Waals surface area contributed by atoms with Crippen LogP contribution in [-0.2, 0) is 11.3 Å². The van der Waals surface area contributed by atoms with Gasteiger partial charge in [-0.2, -0.15) is 0 Å². The Bertz CT molecular complexity index is 932. The minimum absolute atomic E-state index is 0.146. The average molecular weight is 417 g/mol. The molecule has 2 aliphatic heterocycles. The van der Waals surface area contributed by atoms with Crippen LogP contribution in [0.1, 0.15) is 34.0 Å². The van der Waals surface area contributed by atoms with Crippen molar-refractivity contribution in [3.63, 3.8) is 0 Å². The van der Waals surface area contributed by atoms with Crippen LogP contribution in [0.5, 0.6) is 17.2 Å². The number of halogens is 1. The van der Waals surface area contributed by atoms with Crippen molar-refractivity contribution in [2.24, 2.45) is 0 Å². The topological polar surface area (TPSA) is 54.0 Å². The number of benzene rings is 2. The zero-order valence-corrected chi connectivity index (χ0v) is 16.0. The van der Waals surface area contributed by atoms with Crippen LogP contribution in [0, 0.1) is 6.92 Å². The second-order valence-corrected chi connectivity index (χ2v) is 6.95. The number of ether oxygens (including phenoxy) is 4. The molecule has 0 aromatic heterocycles. The number of ketones is 1. The van der Waals surface area contributed by atoms with Crippen LogP contribution in [0.15, 0.2) is 34.5 Å². The lowest BCUT2D eigenvalue weighted by molar-refractivity contribution is -0.0165. The molecule has 2 heterocycles. The van der Waals surface area contributed by atoms with Crippen molar-refractivity contribution in [3.8, 4) is 17.2 Å². The molecule has 26 heavy (non-hydrogen) atoms. The molecule has 134 valence electrons. The zero-order chi connectivity index (χ0) is 18.3. The van der Waals surface area contributed by atoms with Gasteiger partial charge in [0, 0.05) is 21.2 Å². The molecule has 2 aromatic carbocycles. The van der Waals surface area contributed by atoms with Gasteiger partial charge in [-0.1, -0.05) is 15.9 Å². The number of allylic oxidation sites excluding steroid dienone is 1. The molecular weight excluding hydrogens is 400 g/mol. The Morgan fingerprint density at radius 1 is 1.27 bits per heavy atom. The number of carbonyl (C=O) groups excluding carboxylic acids is 1. The van der Waals surface area contributed by atoms with Crippen molar-refractivity contribution in [1.29, 1.82) is 0 Å². The first-order valence-electron chi connectivity index (χ1n) is 8.32. The van der Waals surface area contributed by atoms with Crippen LogP contribution < -0.4 is 14.2 Å². The number of hydrogen-bond acceptors (Lipinski definition) is 5. The molecule has 0 saturated heterocycles. The van der Waals surface area contributed by atoms with E-state index < -0.39 is 0 Å². The average Bonchev–Trinajstić information content (AvgIpc) is 2.94. The summed E-state index contributed by atoms with van der Waals surface area (Å²) in [6, 6.07) is 7.40. The third kappa shape index (κ3) is 2.89. The number of fused-ring (bicyclic) bond motifs is 2. The third-order valence-electron chi connectivity index (χ3n) is 4.33. The first kappa shape index (κ1) is 17.1. The molecule has 0 atom stereocenters. The predicted octanol–water partition coefficient (Wildman–Crippen LogP) is 4.64. The summed E-state index contributed by atoms with van der Waals surface area (Å²) in [5.41, 5.74) is 3.07. The molecule has 0 unspecified atom stereocenters. The van der Waals surface area contributed by atoms with Gasteiger partial charge in [0.1, 0.15) is 17.2 Å². The maximum atomic E-state index is 12.8. The number of hydrogen-bond donors (Lipinski definition) is 0. The SMILES string of the molecule is CCOc1ccc2c(c1C)O/C(=C\c1cc(Br)cc3c1OCOC3)C2=O. The van der Waals surface area contributed by atoms with E-state index in [0.717, 1.165) is 26.9 Å². The minimum Gasteiger partial charge on any atom is -0.493 e. The van der Waals surface area contributed by atoms with Gasteiger partial charge in [-0.25, -0.2) is 0 Å². The van der Waals surface area contributed by atoms with Crippen LogP contribution in [0.2, 0.25) is 0 Å². The van der Waals surface area contributed by atoms with Crippen molar-refractivity contribution in [2.45, 2.75) is 20.5 Å². The number of Topliss-reactive ketones (excluding diaryl/α,β-unsaturated/α-hetero) is 1. The van der Waals surface area contributed by atoms with E-state index in [4.69, 9.17) is 18.9 Å². The fraction of sp³-hybridized carbons (Fsp3) is 0.250. The monoisotopic (exact) mass is 416 g/mol. The van der Waals surface area contributed by atoms with Gasteiger partial charge in [0.2, 0.25) is 5.78 Å². The van der Waals surface area contributed by atoms with Gasteiger partial charge in [0.15, 0.2) is 12.6 Å². The van der Waals surface area contributed by atoms with Crippen molar-refractivity contribution in [1.82, 2.24) is 0 Å². The van der Waals surface area contributed by atoms with E-state index in [0.29, 0.717) is 30.3 Å². The second kappa shape index (κ2) is 6.78. The summed E-state index contributed by atoms with van der Waals surface area (Å²) < 4.78 is 23.3. The molecule has 4 rings (SSSR count). The van der Waals surface area contributed by atoms with Gasteiger partial charge in [-0.3, -0.25) is 4.79 Å². The summed E-state index contributed by atoms with van der Waals surface area (Å²) in [6.45, 7) is 5.03. The fourth-order valence-electron chi connectivity index (χ4n) is 3.14. The van der Waals surface area contributed by atoms with Crippen LogP contribution in [0.3, 0.4) is 0 Å². The van der Waals surface area contributed by atoms with E-state index in [1.54, 1.807) is 12.1 Å². The Morgan fingerprint density at radius 3 is 2.92 bits per heavy atom. The highest BCUT2D eigenvalue weighted by atomic mass is 79.9. The first-order chi connectivity index (χ1) is 12.6. The van der Waals surface area contributed by atoms with Gasteiger partial charge in [-0.15, -0.1) is 0 Å². The molecule has 0 amide bonds. The van der Waals surface area contributed by atoms with Crippen LogP contribution in [0.25, 0.3) is 6.08 Å². The molecule has 0 spiro atoms. The summed E-state index contributed by atoms with van der Waals surface area (Å²) in [5, 5.41) is 0. The summed E-state index contributed by atoms with van der Waals surface area (Å²) in [6.07, 6.45) is 1.72. The third-order valence-corrected chi connectivity index (χ3v) is 4.78. The van der Waals surface area contributed by atoms with E-state index in [-0.39, 0.29) is 18.3 Å². The van der Waals surface area contributed by atoms with Gasteiger partial charge in [0.25, 0.3) is 0 Å². The maximum Gasteiger partial charge on any atom is 0.231 e. The van der Waals surface area contributed by atoms with Crippen molar-refractivity contribution in [3.05, 3.63) is 56.8 Å². The highest BCUT2D eigenvalue weighted by molar-refractivity contribution is 9.10. The van der Waals surface area contributed by atoms with Gasteiger partial charge in [0.05, 0.1) is 18.8 Å². The Hall–Kier alpha value is -2.31. The smallest absolute Gasteiger partial charge is 0.231 e. The lowest BCUT2D eigenvalue weighted by atomic mass is 10.0. The zero-order valence-electron chi connectivity index (χ0n) is 14.4. The van der Waals surface area contributed by atoms with E-state index in [2.05, 4.69) is 15.9 Å². The Balaban J connectivity index is 1.75. The fourth-order valence-corrected chi connectivity index (χ4v) is 3.66. The van der Waals surface area contributed by atoms with E-state index >= 15 is 0 Å². The number of rotatable bonds is 3. The molecule has 0 fully saturated rings. The standard InChI is InChI=1S/C20H17BrO5/c1-3-24-16-5-4-15-18(22)17(26-19(15)11(16)2)8-12-6-14(21)7-13-9-23-10-25-20(12)13/h4-8H,3,9-10H2,1-2H3/b17-8-. The molecule has 0 aliphatic carbocycles. The van der Waals surface area contributed by atoms with E-state index in [9.17, 15) is 4.79 Å². The molecule has 0 radical (unpaired) electrons. The first-order valence-corrected chi connectivity index (χ1v) is 9.11. The molecule has 0 N–H and O–H groups in total. The summed E-state index contributed by atoms with van der Waals surface area (Å²) in [7, 11) is 0. The molecular formula is C20H17BrO5. The number of carbonyl (C=O) groups is 1. The Morgan fingerprint density at radius 2 is 2.12 bits per heavy atom. The van der Waals surface area contributed by atoms with Gasteiger partial charge < -0.3 is 18.9 Å². The normalized spacial score (nSPS) is 16.7. The predicted molar refractivity (Wildman–Crippen MR) is 99.7 cm³/mol. The molecule has 0 saturated carbocycles. The molecule has 5 nitrogen and oxygen atoms in total. The van der Waals surface area contributed by atoms with Crippen LogP contribution in [-0.4, -0.2) is 19.2 Å². The quantitative estimate of drug-likeness (QED) is 0.682. The highest BCUT2D eigenvalue weighted by Gasteiger charge is 2.30. The molecule has 6 heteroatoms. The van der Waals surface area contributed by atoms with Crippen LogP contribution in [0.4, 0.5) is 0 Å². The van der Waals surface area contributed by atoms with Gasteiger partial charge >= 0.3 is 0 Å². The largest absolute Gasteiger partial charge is 0.493 e. The minimum atomic E-state index is -0.146. The van der Waals surface area contributed by atoms with Crippen LogP contribution >= 0.6 is 15.9 Å². The van der Waals surface area contributed by atoms with Crippen molar-refractivity contribution in [2.75, 3.05) is 13.4 Å². The van der Waals surface area contributed by atoms with Gasteiger partial charge in [-0.05, 0) is 44.2 Å².